The molecular formula is C26H19N3O3S. The van der Waals surface area contributed by atoms with Crippen molar-refractivity contribution in [1.29, 1.82) is 0 Å². The van der Waals surface area contributed by atoms with Crippen LogP contribution in [0.15, 0.2) is 105 Å². The lowest BCUT2D eigenvalue weighted by atomic mass is 10.1. The largest absolute Gasteiger partial charge is 0.489 e. The van der Waals surface area contributed by atoms with Gasteiger partial charge in [-0.25, -0.2) is 9.78 Å². The van der Waals surface area contributed by atoms with Gasteiger partial charge in [-0.3, -0.25) is 5.43 Å². The third-order valence-corrected chi connectivity index (χ3v) is 5.67. The van der Waals surface area contributed by atoms with Crippen molar-refractivity contribution in [3.63, 3.8) is 0 Å². The molecule has 2 aromatic heterocycles. The fourth-order valence-electron chi connectivity index (χ4n) is 3.24. The van der Waals surface area contributed by atoms with Crippen molar-refractivity contribution in [2.45, 2.75) is 6.61 Å². The average Bonchev–Trinajstić information content (AvgIpc) is 3.32. The van der Waals surface area contributed by atoms with E-state index in [2.05, 4.69) is 15.5 Å². The molecule has 33 heavy (non-hydrogen) atoms. The number of rotatable bonds is 7. The summed E-state index contributed by atoms with van der Waals surface area (Å²) < 4.78 is 11.2. The predicted octanol–water partition coefficient (Wildman–Crippen LogP) is 5.94. The summed E-state index contributed by atoms with van der Waals surface area (Å²) in [5.74, 6) is 0.794. The number of ether oxygens (including phenoxy) is 1. The summed E-state index contributed by atoms with van der Waals surface area (Å²) in [7, 11) is 0. The van der Waals surface area contributed by atoms with Crippen LogP contribution in [0, 0.1) is 0 Å². The van der Waals surface area contributed by atoms with Gasteiger partial charge < -0.3 is 9.15 Å². The second kappa shape index (κ2) is 9.50. The van der Waals surface area contributed by atoms with E-state index in [-0.39, 0.29) is 0 Å². The van der Waals surface area contributed by atoms with Gasteiger partial charge in [0.1, 0.15) is 17.9 Å². The normalized spacial score (nSPS) is 11.2. The van der Waals surface area contributed by atoms with Crippen molar-refractivity contribution < 1.29 is 9.15 Å². The highest BCUT2D eigenvalue weighted by Gasteiger charge is 2.11. The fraction of sp³-hybridized carbons (Fsp3) is 0.0385. The van der Waals surface area contributed by atoms with Crippen LogP contribution < -0.4 is 15.8 Å². The molecule has 0 radical (unpaired) electrons. The molecule has 2 heterocycles. The second-order valence-electron chi connectivity index (χ2n) is 7.24. The van der Waals surface area contributed by atoms with Crippen LogP contribution >= 0.6 is 11.3 Å². The Morgan fingerprint density at radius 3 is 2.64 bits per heavy atom. The number of hydrogen-bond donors (Lipinski definition) is 1. The number of hydrazone groups is 1. The molecule has 0 saturated carbocycles. The van der Waals surface area contributed by atoms with Crippen LogP contribution in [0.4, 0.5) is 5.13 Å². The summed E-state index contributed by atoms with van der Waals surface area (Å²) in [6, 6.07) is 26.9. The molecule has 5 rings (SSSR count). The lowest BCUT2D eigenvalue weighted by molar-refractivity contribution is 0.306. The van der Waals surface area contributed by atoms with Crippen LogP contribution in [-0.4, -0.2) is 11.2 Å². The lowest BCUT2D eigenvalue weighted by Gasteiger charge is -2.06. The Kier molecular flexibility index (Phi) is 5.95. The summed E-state index contributed by atoms with van der Waals surface area (Å²) in [5.41, 5.74) is 6.07. The molecule has 0 amide bonds. The maximum absolute atomic E-state index is 12.3. The van der Waals surface area contributed by atoms with Crippen molar-refractivity contribution in [2.75, 3.05) is 5.43 Å². The van der Waals surface area contributed by atoms with E-state index >= 15 is 0 Å². The van der Waals surface area contributed by atoms with Gasteiger partial charge in [-0.05, 0) is 47.5 Å². The van der Waals surface area contributed by atoms with Crippen molar-refractivity contribution >= 4 is 33.7 Å². The van der Waals surface area contributed by atoms with E-state index < -0.39 is 5.63 Å². The van der Waals surface area contributed by atoms with Crippen molar-refractivity contribution in [2.24, 2.45) is 5.10 Å². The maximum Gasteiger partial charge on any atom is 0.345 e. The molecule has 0 aliphatic heterocycles. The van der Waals surface area contributed by atoms with Crippen LogP contribution in [-0.2, 0) is 6.61 Å². The minimum atomic E-state index is -0.413. The monoisotopic (exact) mass is 453 g/mol. The zero-order valence-corrected chi connectivity index (χ0v) is 18.3. The Hall–Kier alpha value is -4.23. The zero-order valence-electron chi connectivity index (χ0n) is 17.5. The predicted molar refractivity (Wildman–Crippen MR) is 132 cm³/mol. The quantitative estimate of drug-likeness (QED) is 0.187. The summed E-state index contributed by atoms with van der Waals surface area (Å²) in [4.78, 5) is 16.8. The molecule has 162 valence electrons. The number of benzene rings is 3. The number of fused-ring (bicyclic) bond motifs is 1. The number of hydrogen-bond acceptors (Lipinski definition) is 7. The molecule has 0 bridgehead atoms. The number of thiazole rings is 1. The first-order chi connectivity index (χ1) is 16.2. The molecule has 0 saturated heterocycles. The van der Waals surface area contributed by atoms with Crippen molar-refractivity contribution in [1.82, 2.24) is 4.98 Å². The summed E-state index contributed by atoms with van der Waals surface area (Å²) in [5, 5.41) is 7.48. The first-order valence-electron chi connectivity index (χ1n) is 10.3. The molecule has 0 fully saturated rings. The zero-order chi connectivity index (χ0) is 22.5. The average molecular weight is 454 g/mol. The first-order valence-corrected chi connectivity index (χ1v) is 11.2. The smallest absolute Gasteiger partial charge is 0.345 e. The molecule has 0 atom stereocenters. The minimum absolute atomic E-state index is 0.413. The number of aromatic nitrogens is 1. The molecule has 1 N–H and O–H groups in total. The third kappa shape index (κ3) is 4.99. The minimum Gasteiger partial charge on any atom is -0.489 e. The molecule has 0 unspecified atom stereocenters. The molecule has 0 spiro atoms. The highest BCUT2D eigenvalue weighted by molar-refractivity contribution is 7.14. The SMILES string of the molecule is O=c1oc2ccccc2cc1-c1csc(N/N=C/c2ccc(OCc3ccccc3)cc2)n1. The van der Waals surface area contributed by atoms with Gasteiger partial charge in [0.05, 0.1) is 17.5 Å². The number of nitrogens with zero attached hydrogens (tertiary/aromatic N) is 2. The highest BCUT2D eigenvalue weighted by Crippen LogP contribution is 2.25. The van der Waals surface area contributed by atoms with Gasteiger partial charge in [0.2, 0.25) is 5.13 Å². The van der Waals surface area contributed by atoms with E-state index in [9.17, 15) is 4.79 Å². The maximum atomic E-state index is 12.3. The molecule has 0 aliphatic rings. The van der Waals surface area contributed by atoms with Gasteiger partial charge >= 0.3 is 5.63 Å². The van der Waals surface area contributed by atoms with Gasteiger partial charge in [-0.15, -0.1) is 11.3 Å². The Bertz CT molecular complexity index is 1460. The van der Waals surface area contributed by atoms with Crippen LogP contribution in [0.3, 0.4) is 0 Å². The topological polar surface area (TPSA) is 76.7 Å². The first kappa shape index (κ1) is 20.7. The Morgan fingerprint density at radius 2 is 1.79 bits per heavy atom. The molecular weight excluding hydrogens is 434 g/mol. The van der Waals surface area contributed by atoms with Crippen molar-refractivity contribution in [3.8, 4) is 17.0 Å². The molecule has 3 aromatic carbocycles. The van der Waals surface area contributed by atoms with Crippen LogP contribution in [0.2, 0.25) is 0 Å². The van der Waals surface area contributed by atoms with E-state index in [1.54, 1.807) is 23.7 Å². The van der Waals surface area contributed by atoms with Gasteiger partial charge in [0, 0.05) is 10.8 Å². The number of nitrogens with one attached hydrogen (secondary N) is 1. The van der Waals surface area contributed by atoms with E-state index in [1.165, 1.54) is 11.3 Å². The molecule has 5 aromatic rings. The summed E-state index contributed by atoms with van der Waals surface area (Å²) in [6.07, 6.45) is 1.70. The molecule has 7 heteroatoms. The van der Waals surface area contributed by atoms with Crippen LogP contribution in [0.25, 0.3) is 22.2 Å². The van der Waals surface area contributed by atoms with Gasteiger partial charge in [-0.1, -0.05) is 48.5 Å². The standard InChI is InChI=1S/C26H19N3O3S/c30-25-22(14-20-8-4-5-9-24(20)32-25)23-17-33-26(28-23)29-27-15-18-10-12-21(13-11-18)31-16-19-6-2-1-3-7-19/h1-15,17H,16H2,(H,28,29)/b27-15+. The Morgan fingerprint density at radius 1 is 1.00 bits per heavy atom. The summed E-state index contributed by atoms with van der Waals surface area (Å²) in [6.45, 7) is 0.526. The molecule has 0 aliphatic carbocycles. The molecule has 6 nitrogen and oxygen atoms in total. The number of anilines is 1. The summed E-state index contributed by atoms with van der Waals surface area (Å²) >= 11 is 1.36. The van der Waals surface area contributed by atoms with Crippen LogP contribution in [0.1, 0.15) is 11.1 Å². The Balaban J connectivity index is 1.21. The van der Waals surface area contributed by atoms with E-state index in [1.807, 2.05) is 72.8 Å². The van der Waals surface area contributed by atoms with Gasteiger partial charge in [0.25, 0.3) is 0 Å². The van der Waals surface area contributed by atoms with Gasteiger partial charge in [-0.2, -0.15) is 5.10 Å². The highest BCUT2D eigenvalue weighted by atomic mass is 32.1. The Labute approximate surface area is 193 Å². The number of para-hydroxylation sites is 1. The van der Waals surface area contributed by atoms with Crippen molar-refractivity contribution in [3.05, 3.63) is 112 Å². The lowest BCUT2D eigenvalue weighted by Crippen LogP contribution is -2.02. The van der Waals surface area contributed by atoms with E-state index in [0.717, 1.165) is 22.3 Å². The van der Waals surface area contributed by atoms with E-state index in [4.69, 9.17) is 9.15 Å². The van der Waals surface area contributed by atoms with Crippen LogP contribution in [0.5, 0.6) is 5.75 Å². The third-order valence-electron chi connectivity index (χ3n) is 4.92. The van der Waals surface area contributed by atoms with Gasteiger partial charge in [0.15, 0.2) is 0 Å². The second-order valence-corrected chi connectivity index (χ2v) is 8.09. The fourth-order valence-corrected chi connectivity index (χ4v) is 3.90. The van der Waals surface area contributed by atoms with E-state index in [0.29, 0.717) is 28.6 Å².